The fraction of sp³-hybridized carbons (Fsp3) is 0.526. The lowest BCUT2D eigenvalue weighted by molar-refractivity contribution is -0.0546. The molecular weight excluding hydrogens is 320 g/mol. The Labute approximate surface area is 147 Å². The van der Waals surface area contributed by atoms with Crippen LogP contribution in [-0.4, -0.2) is 41.3 Å². The summed E-state index contributed by atoms with van der Waals surface area (Å²) in [6.07, 6.45) is 7.23. The van der Waals surface area contributed by atoms with Gasteiger partial charge >= 0.3 is 0 Å². The number of nitrogens with zero attached hydrogens (tertiary/aromatic N) is 2. The maximum atomic E-state index is 6.25. The van der Waals surface area contributed by atoms with Crippen LogP contribution < -0.4 is 0 Å². The number of likely N-dealkylation sites (tertiary alicyclic amines) is 1. The smallest absolute Gasteiger partial charge is 0.0841 e. The fourth-order valence-corrected chi connectivity index (χ4v) is 4.59. The summed E-state index contributed by atoms with van der Waals surface area (Å²) in [7, 11) is 0. The van der Waals surface area contributed by atoms with Gasteiger partial charge in [0.1, 0.15) is 0 Å². The molecule has 0 radical (unpaired) electrons. The zero-order valence-corrected chi connectivity index (χ0v) is 14.7. The predicted molar refractivity (Wildman–Crippen MR) is 94.9 cm³/mol. The molecule has 0 saturated carbocycles. The van der Waals surface area contributed by atoms with E-state index in [0.717, 1.165) is 31.5 Å². The Bertz CT molecular complexity index is 634. The lowest BCUT2D eigenvalue weighted by atomic mass is 9.89. The molecule has 0 amide bonds. The van der Waals surface area contributed by atoms with Crippen LogP contribution in [0.1, 0.15) is 29.7 Å². The van der Waals surface area contributed by atoms with Crippen molar-refractivity contribution in [1.82, 2.24) is 9.88 Å². The maximum absolute atomic E-state index is 6.25. The molecule has 2 aromatic rings. The van der Waals surface area contributed by atoms with Crippen LogP contribution in [0.3, 0.4) is 0 Å². The summed E-state index contributed by atoms with van der Waals surface area (Å²) in [5, 5.41) is 2.16. The van der Waals surface area contributed by atoms with Gasteiger partial charge in [0.25, 0.3) is 0 Å². The second-order valence-corrected chi connectivity index (χ2v) is 7.92. The lowest BCUT2D eigenvalue weighted by Gasteiger charge is -2.39. The molecule has 2 aliphatic heterocycles. The summed E-state index contributed by atoms with van der Waals surface area (Å²) in [5.74, 6) is 0. The van der Waals surface area contributed by atoms with E-state index in [-0.39, 0.29) is 11.7 Å². The average Bonchev–Trinajstić information content (AvgIpc) is 3.25. The Hall–Kier alpha value is -1.27. The third kappa shape index (κ3) is 3.86. The van der Waals surface area contributed by atoms with Crippen molar-refractivity contribution in [2.75, 3.05) is 19.7 Å². The zero-order chi connectivity index (χ0) is 16.2. The van der Waals surface area contributed by atoms with E-state index in [4.69, 9.17) is 9.47 Å². The number of piperidine rings is 1. The first-order valence-corrected chi connectivity index (χ1v) is 9.59. The van der Waals surface area contributed by atoms with Crippen LogP contribution in [0.2, 0.25) is 0 Å². The van der Waals surface area contributed by atoms with Crippen molar-refractivity contribution in [2.24, 2.45) is 0 Å². The van der Waals surface area contributed by atoms with Crippen LogP contribution in [0.5, 0.6) is 0 Å². The average molecular weight is 344 g/mol. The van der Waals surface area contributed by atoms with Crippen LogP contribution in [0.4, 0.5) is 0 Å². The van der Waals surface area contributed by atoms with Gasteiger partial charge in [0.05, 0.1) is 24.9 Å². The standard InChI is InChI=1S/C19H24N2O2S/c1-4-16(11-20-7-1)13-22-17-10-19(23-14-17)6-3-8-21(15-19)12-18-5-2-9-24-18/h1-2,4-5,7,9,11,17H,3,6,8,10,12-15H2/t17-,19-/m0/s1. The monoisotopic (exact) mass is 344 g/mol. The van der Waals surface area contributed by atoms with E-state index in [9.17, 15) is 0 Å². The number of thiophene rings is 1. The van der Waals surface area contributed by atoms with E-state index in [1.54, 1.807) is 6.20 Å². The van der Waals surface area contributed by atoms with Crippen LogP contribution in [0, 0.1) is 0 Å². The van der Waals surface area contributed by atoms with E-state index in [1.165, 1.54) is 17.8 Å². The molecule has 2 aromatic heterocycles. The molecule has 2 atom stereocenters. The molecule has 0 aromatic carbocycles. The van der Waals surface area contributed by atoms with Crippen LogP contribution in [-0.2, 0) is 22.6 Å². The molecule has 1 spiro atoms. The molecule has 2 saturated heterocycles. The highest BCUT2D eigenvalue weighted by Crippen LogP contribution is 2.36. The Kier molecular flexibility index (Phi) is 4.94. The Morgan fingerprint density at radius 2 is 2.38 bits per heavy atom. The summed E-state index contributed by atoms with van der Waals surface area (Å²) in [4.78, 5) is 8.12. The minimum absolute atomic E-state index is 0.00485. The summed E-state index contributed by atoms with van der Waals surface area (Å²) in [5.41, 5.74) is 1.12. The Morgan fingerprint density at radius 3 is 3.21 bits per heavy atom. The highest BCUT2D eigenvalue weighted by Gasteiger charge is 2.43. The third-order valence-electron chi connectivity index (χ3n) is 4.96. The zero-order valence-electron chi connectivity index (χ0n) is 13.9. The second-order valence-electron chi connectivity index (χ2n) is 6.89. The predicted octanol–water partition coefficient (Wildman–Crippen LogP) is 3.48. The molecule has 2 aliphatic rings. The van der Waals surface area contributed by atoms with Crippen molar-refractivity contribution in [1.29, 1.82) is 0 Å². The largest absolute Gasteiger partial charge is 0.371 e. The van der Waals surface area contributed by atoms with Crippen molar-refractivity contribution in [3.05, 3.63) is 52.5 Å². The molecule has 4 rings (SSSR count). The molecule has 4 nitrogen and oxygen atoms in total. The van der Waals surface area contributed by atoms with Gasteiger partial charge in [-0.05, 0) is 42.5 Å². The summed E-state index contributed by atoms with van der Waals surface area (Å²) >= 11 is 1.84. The van der Waals surface area contributed by atoms with E-state index in [0.29, 0.717) is 13.2 Å². The molecule has 4 heterocycles. The highest BCUT2D eigenvalue weighted by molar-refractivity contribution is 7.09. The molecule has 0 bridgehead atoms. The van der Waals surface area contributed by atoms with Crippen molar-refractivity contribution in [3.8, 4) is 0 Å². The Balaban J connectivity index is 1.31. The fourth-order valence-electron chi connectivity index (χ4n) is 3.84. The lowest BCUT2D eigenvalue weighted by Crippen LogP contribution is -2.47. The second kappa shape index (κ2) is 7.31. The van der Waals surface area contributed by atoms with Crippen molar-refractivity contribution >= 4 is 11.3 Å². The number of ether oxygens (including phenoxy) is 2. The van der Waals surface area contributed by atoms with Gasteiger partial charge in [-0.3, -0.25) is 9.88 Å². The van der Waals surface area contributed by atoms with Gasteiger partial charge in [0.2, 0.25) is 0 Å². The number of rotatable bonds is 5. The third-order valence-corrected chi connectivity index (χ3v) is 5.82. The number of hydrogen-bond acceptors (Lipinski definition) is 5. The molecule has 0 aliphatic carbocycles. The van der Waals surface area contributed by atoms with Gasteiger partial charge in [0.15, 0.2) is 0 Å². The van der Waals surface area contributed by atoms with Gasteiger partial charge in [0, 0.05) is 36.8 Å². The van der Waals surface area contributed by atoms with Crippen LogP contribution in [0.15, 0.2) is 42.0 Å². The highest BCUT2D eigenvalue weighted by atomic mass is 32.1. The summed E-state index contributed by atoms with van der Waals surface area (Å²) < 4.78 is 12.3. The first-order chi connectivity index (χ1) is 11.8. The van der Waals surface area contributed by atoms with Gasteiger partial charge < -0.3 is 9.47 Å². The van der Waals surface area contributed by atoms with Gasteiger partial charge in [-0.1, -0.05) is 12.1 Å². The number of pyridine rings is 1. The first-order valence-electron chi connectivity index (χ1n) is 8.71. The SMILES string of the molecule is c1cncc(CO[C@@H]2CO[C@@]3(CCCN(Cc4cccs4)C3)C2)c1. The molecule has 0 N–H and O–H groups in total. The van der Waals surface area contributed by atoms with Crippen LogP contribution >= 0.6 is 11.3 Å². The molecule has 2 fully saturated rings. The van der Waals surface area contributed by atoms with Gasteiger partial charge in [-0.2, -0.15) is 0 Å². The van der Waals surface area contributed by atoms with Crippen LogP contribution in [0.25, 0.3) is 0 Å². The molecule has 24 heavy (non-hydrogen) atoms. The minimum Gasteiger partial charge on any atom is -0.371 e. The number of aromatic nitrogens is 1. The van der Waals surface area contributed by atoms with Crippen molar-refractivity contribution < 1.29 is 9.47 Å². The van der Waals surface area contributed by atoms with E-state index < -0.39 is 0 Å². The number of hydrogen-bond donors (Lipinski definition) is 0. The maximum Gasteiger partial charge on any atom is 0.0841 e. The minimum atomic E-state index is -0.00485. The summed E-state index contributed by atoms with van der Waals surface area (Å²) in [6.45, 7) is 4.58. The van der Waals surface area contributed by atoms with Crippen molar-refractivity contribution in [3.63, 3.8) is 0 Å². The summed E-state index contributed by atoms with van der Waals surface area (Å²) in [6, 6.07) is 8.37. The Morgan fingerprint density at radius 1 is 1.38 bits per heavy atom. The van der Waals surface area contributed by atoms with Crippen molar-refractivity contribution in [2.45, 2.75) is 44.1 Å². The molecule has 5 heteroatoms. The van der Waals surface area contributed by atoms with E-state index in [1.807, 2.05) is 23.6 Å². The molecule has 128 valence electrons. The van der Waals surface area contributed by atoms with E-state index in [2.05, 4.69) is 33.5 Å². The van der Waals surface area contributed by atoms with Gasteiger partial charge in [-0.15, -0.1) is 11.3 Å². The first kappa shape index (κ1) is 16.2. The molecule has 0 unspecified atom stereocenters. The normalized spacial score (nSPS) is 27.8. The van der Waals surface area contributed by atoms with E-state index >= 15 is 0 Å². The molecular formula is C19H24N2O2S. The van der Waals surface area contributed by atoms with Gasteiger partial charge in [-0.25, -0.2) is 0 Å². The quantitative estimate of drug-likeness (QED) is 0.832. The topological polar surface area (TPSA) is 34.6 Å².